The fourth-order valence-corrected chi connectivity index (χ4v) is 1.79. The molecule has 0 aromatic carbocycles. The summed E-state index contributed by atoms with van der Waals surface area (Å²) in [4.78, 5) is 10.7. The van der Waals surface area contributed by atoms with Crippen LogP contribution in [0.1, 0.15) is 58.1 Å². The van der Waals surface area contributed by atoms with E-state index in [2.05, 4.69) is 17.2 Å². The average Bonchev–Trinajstić information content (AvgIpc) is 2.75. The molecule has 0 N–H and O–H groups in total. The molecule has 4 nitrogen and oxygen atoms in total. The first-order valence-electron chi connectivity index (χ1n) is 6.61. The van der Waals surface area contributed by atoms with Crippen molar-refractivity contribution < 1.29 is 4.79 Å². The molecule has 0 bridgehead atoms. The molecule has 0 spiro atoms. The Hall–Kier alpha value is -1.19. The third-order valence-electron chi connectivity index (χ3n) is 2.86. The van der Waals surface area contributed by atoms with Crippen LogP contribution < -0.4 is 0 Å². The lowest BCUT2D eigenvalue weighted by Gasteiger charge is -2.01. The maximum Gasteiger partial charge on any atom is 0.129 e. The molecule has 1 aromatic heterocycles. The van der Waals surface area contributed by atoms with Gasteiger partial charge in [0, 0.05) is 19.2 Å². The molecule has 17 heavy (non-hydrogen) atoms. The number of unbranched alkanes of at least 4 members (excludes halogenated alkanes) is 4. The Bertz CT molecular complexity index is 333. The second-order valence-corrected chi connectivity index (χ2v) is 4.55. The number of Topliss-reactive ketones (excluding diaryl/α,β-unsaturated/α-hetero) is 1. The second-order valence-electron chi connectivity index (χ2n) is 4.55. The molecule has 0 aliphatic rings. The summed E-state index contributed by atoms with van der Waals surface area (Å²) >= 11 is 0. The summed E-state index contributed by atoms with van der Waals surface area (Å²) in [5.74, 6) is 0.305. The summed E-state index contributed by atoms with van der Waals surface area (Å²) in [5, 5.41) is 8.12. The number of rotatable bonds is 9. The molecular weight excluding hydrogens is 214 g/mol. The van der Waals surface area contributed by atoms with Crippen molar-refractivity contribution in [2.75, 3.05) is 0 Å². The Morgan fingerprint density at radius 3 is 2.59 bits per heavy atom. The maximum absolute atomic E-state index is 10.7. The first-order chi connectivity index (χ1) is 8.22. The lowest BCUT2D eigenvalue weighted by molar-refractivity contribution is -0.117. The average molecular weight is 237 g/mol. The van der Waals surface area contributed by atoms with Gasteiger partial charge in [0.1, 0.15) is 5.78 Å². The normalized spacial score (nSPS) is 10.7. The predicted octanol–water partition coefficient (Wildman–Crippen LogP) is 2.77. The van der Waals surface area contributed by atoms with Crippen molar-refractivity contribution in [3.05, 3.63) is 11.9 Å². The zero-order valence-electron chi connectivity index (χ0n) is 11.0. The van der Waals surface area contributed by atoms with E-state index in [-0.39, 0.29) is 0 Å². The third-order valence-corrected chi connectivity index (χ3v) is 2.86. The number of ketones is 1. The van der Waals surface area contributed by atoms with Crippen LogP contribution in [0.2, 0.25) is 0 Å². The highest BCUT2D eigenvalue weighted by atomic mass is 16.1. The van der Waals surface area contributed by atoms with Gasteiger partial charge < -0.3 is 4.79 Å². The summed E-state index contributed by atoms with van der Waals surface area (Å²) in [7, 11) is 0. The topological polar surface area (TPSA) is 47.8 Å². The van der Waals surface area contributed by atoms with Gasteiger partial charge in [-0.3, -0.25) is 4.68 Å². The van der Waals surface area contributed by atoms with Gasteiger partial charge in [0.15, 0.2) is 0 Å². The SMILES string of the molecule is CCc1cn(CCCCCCCC(C)=O)nn1. The van der Waals surface area contributed by atoms with Crippen LogP contribution in [0.25, 0.3) is 0 Å². The molecule has 1 heterocycles. The zero-order valence-corrected chi connectivity index (χ0v) is 11.0. The number of hydrogen-bond donors (Lipinski definition) is 0. The van der Waals surface area contributed by atoms with E-state index >= 15 is 0 Å². The van der Waals surface area contributed by atoms with Gasteiger partial charge in [-0.1, -0.05) is 31.4 Å². The molecule has 96 valence electrons. The Balaban J connectivity index is 1.98. The van der Waals surface area contributed by atoms with E-state index in [0.717, 1.165) is 44.3 Å². The molecule has 0 fully saturated rings. The van der Waals surface area contributed by atoms with Crippen LogP contribution in [0.3, 0.4) is 0 Å². The van der Waals surface area contributed by atoms with Gasteiger partial charge in [-0.05, 0) is 26.2 Å². The minimum atomic E-state index is 0.305. The van der Waals surface area contributed by atoms with Gasteiger partial charge in [-0.25, -0.2) is 0 Å². The van der Waals surface area contributed by atoms with Gasteiger partial charge in [0.25, 0.3) is 0 Å². The molecular formula is C13H23N3O. The number of carbonyl (C=O) groups is 1. The van der Waals surface area contributed by atoms with Crippen molar-refractivity contribution in [2.24, 2.45) is 0 Å². The van der Waals surface area contributed by atoms with Crippen LogP contribution in [-0.4, -0.2) is 20.8 Å². The summed E-state index contributed by atoms with van der Waals surface area (Å²) in [6.45, 7) is 4.71. The lowest BCUT2D eigenvalue weighted by Crippen LogP contribution is -1.98. The molecule has 0 unspecified atom stereocenters. The molecule has 1 aromatic rings. The molecule has 0 radical (unpaired) electrons. The molecule has 0 saturated carbocycles. The van der Waals surface area contributed by atoms with Crippen molar-refractivity contribution in [2.45, 2.75) is 65.3 Å². The van der Waals surface area contributed by atoms with Crippen molar-refractivity contribution in [1.82, 2.24) is 15.0 Å². The standard InChI is InChI=1S/C13H23N3O/c1-3-13-11-16(15-14-13)10-8-6-4-5-7-9-12(2)17/h11H,3-10H2,1-2H3. The highest BCUT2D eigenvalue weighted by Gasteiger charge is 1.98. The monoisotopic (exact) mass is 237 g/mol. The maximum atomic E-state index is 10.7. The quantitative estimate of drug-likeness (QED) is 0.620. The number of hydrogen-bond acceptors (Lipinski definition) is 3. The van der Waals surface area contributed by atoms with Crippen molar-refractivity contribution in [3.8, 4) is 0 Å². The minimum Gasteiger partial charge on any atom is -0.300 e. The Morgan fingerprint density at radius 2 is 1.94 bits per heavy atom. The van der Waals surface area contributed by atoms with Crippen LogP contribution >= 0.6 is 0 Å². The highest BCUT2D eigenvalue weighted by molar-refractivity contribution is 5.75. The van der Waals surface area contributed by atoms with E-state index in [1.807, 2.05) is 10.9 Å². The van der Waals surface area contributed by atoms with E-state index in [4.69, 9.17) is 0 Å². The molecule has 1 rings (SSSR count). The smallest absolute Gasteiger partial charge is 0.129 e. The van der Waals surface area contributed by atoms with E-state index in [1.165, 1.54) is 12.8 Å². The first-order valence-corrected chi connectivity index (χ1v) is 6.61. The highest BCUT2D eigenvalue weighted by Crippen LogP contribution is 2.06. The fourth-order valence-electron chi connectivity index (χ4n) is 1.79. The Labute approximate surface area is 103 Å². The van der Waals surface area contributed by atoms with E-state index in [9.17, 15) is 4.79 Å². The summed E-state index contributed by atoms with van der Waals surface area (Å²) in [6, 6.07) is 0. The minimum absolute atomic E-state index is 0.305. The molecule has 0 amide bonds. The van der Waals surface area contributed by atoms with Gasteiger partial charge in [0.2, 0.25) is 0 Å². The van der Waals surface area contributed by atoms with E-state index in [1.54, 1.807) is 6.92 Å². The number of nitrogens with zero attached hydrogens (tertiary/aromatic N) is 3. The van der Waals surface area contributed by atoms with Gasteiger partial charge in [0.05, 0.1) is 5.69 Å². The van der Waals surface area contributed by atoms with E-state index < -0.39 is 0 Å². The van der Waals surface area contributed by atoms with Crippen LogP contribution in [0.15, 0.2) is 6.20 Å². The molecule has 0 atom stereocenters. The van der Waals surface area contributed by atoms with Crippen molar-refractivity contribution >= 4 is 5.78 Å². The largest absolute Gasteiger partial charge is 0.300 e. The summed E-state index contributed by atoms with van der Waals surface area (Å²) in [6.07, 6.45) is 9.48. The number of aromatic nitrogens is 3. The van der Waals surface area contributed by atoms with Crippen molar-refractivity contribution in [3.63, 3.8) is 0 Å². The summed E-state index contributed by atoms with van der Waals surface area (Å²) in [5.41, 5.74) is 1.06. The molecule has 0 saturated heterocycles. The summed E-state index contributed by atoms with van der Waals surface area (Å²) < 4.78 is 1.93. The molecule has 0 aliphatic carbocycles. The number of aryl methyl sites for hydroxylation is 2. The molecule has 4 heteroatoms. The van der Waals surface area contributed by atoms with Gasteiger partial charge >= 0.3 is 0 Å². The van der Waals surface area contributed by atoms with E-state index in [0.29, 0.717) is 5.78 Å². The van der Waals surface area contributed by atoms with Crippen LogP contribution in [0.4, 0.5) is 0 Å². The molecule has 0 aliphatic heterocycles. The predicted molar refractivity (Wildman–Crippen MR) is 67.8 cm³/mol. The van der Waals surface area contributed by atoms with Crippen LogP contribution in [-0.2, 0) is 17.8 Å². The van der Waals surface area contributed by atoms with Crippen LogP contribution in [0.5, 0.6) is 0 Å². The first kappa shape index (κ1) is 13.9. The Morgan fingerprint density at radius 1 is 1.24 bits per heavy atom. The third kappa shape index (κ3) is 6.19. The van der Waals surface area contributed by atoms with Gasteiger partial charge in [-0.2, -0.15) is 0 Å². The fraction of sp³-hybridized carbons (Fsp3) is 0.769. The lowest BCUT2D eigenvalue weighted by atomic mass is 10.1. The Kier molecular flexibility index (Phi) is 6.51. The second kappa shape index (κ2) is 7.98. The van der Waals surface area contributed by atoms with Crippen molar-refractivity contribution in [1.29, 1.82) is 0 Å². The number of carbonyl (C=O) groups excluding carboxylic acids is 1. The van der Waals surface area contributed by atoms with Crippen LogP contribution in [0, 0.1) is 0 Å². The zero-order chi connectivity index (χ0) is 12.5. The van der Waals surface area contributed by atoms with Gasteiger partial charge in [-0.15, -0.1) is 5.10 Å².